The molecule has 0 fully saturated rings. The lowest BCUT2D eigenvalue weighted by molar-refractivity contribution is -0.104. The fourth-order valence-corrected chi connectivity index (χ4v) is 1.73. The Morgan fingerprint density at radius 2 is 2.00 bits per heavy atom. The van der Waals surface area contributed by atoms with Gasteiger partial charge in [0.2, 0.25) is 0 Å². The Morgan fingerprint density at radius 1 is 1.41 bits per heavy atom. The van der Waals surface area contributed by atoms with Crippen LogP contribution in [0.3, 0.4) is 0 Å². The summed E-state index contributed by atoms with van der Waals surface area (Å²) in [4.78, 5) is 10.2. The van der Waals surface area contributed by atoms with Gasteiger partial charge in [0.15, 0.2) is 0 Å². The molecule has 0 saturated heterocycles. The van der Waals surface area contributed by atoms with Crippen LogP contribution >= 0.6 is 23.2 Å². The van der Waals surface area contributed by atoms with Crippen LogP contribution in [0.2, 0.25) is 10.0 Å². The van der Waals surface area contributed by atoms with Crippen LogP contribution in [-0.2, 0) is 4.79 Å². The summed E-state index contributed by atoms with van der Waals surface area (Å²) < 4.78 is 0. The number of carbonyl (C=O) groups excluding carboxylic acids is 1. The maximum Gasteiger partial charge on any atom is 0.150 e. The highest BCUT2D eigenvalue weighted by atomic mass is 35.5. The van der Waals surface area contributed by atoms with E-state index >= 15 is 0 Å². The lowest BCUT2D eigenvalue weighted by Crippen LogP contribution is -2.43. The van der Waals surface area contributed by atoms with E-state index in [-0.39, 0.29) is 0 Å². The predicted molar refractivity (Wildman–Crippen MR) is 71.0 cm³/mol. The molecular weight excluding hydrogens is 261 g/mol. The van der Waals surface area contributed by atoms with Crippen LogP contribution < -0.4 is 16.4 Å². The van der Waals surface area contributed by atoms with E-state index in [1.165, 1.54) is 6.08 Å². The summed E-state index contributed by atoms with van der Waals surface area (Å²) in [6.45, 7) is 1.73. The van der Waals surface area contributed by atoms with E-state index in [4.69, 9.17) is 28.9 Å². The van der Waals surface area contributed by atoms with Crippen molar-refractivity contribution in [2.75, 3.05) is 5.32 Å². The normalized spacial score (nSPS) is 13.1. The lowest BCUT2D eigenvalue weighted by Gasteiger charge is -2.19. The largest absolute Gasteiger partial charge is 0.357 e. The van der Waals surface area contributed by atoms with E-state index in [1.807, 2.05) is 0 Å². The minimum Gasteiger partial charge on any atom is -0.357 e. The van der Waals surface area contributed by atoms with Crippen LogP contribution in [0.15, 0.2) is 30.0 Å². The zero-order valence-electron chi connectivity index (χ0n) is 9.21. The SMILES string of the molecule is CC(=CC=O)NC(N)Nc1c(Cl)cccc1Cl. The molecule has 0 aromatic heterocycles. The Labute approximate surface area is 110 Å². The van der Waals surface area contributed by atoms with Crippen molar-refractivity contribution in [3.8, 4) is 0 Å². The van der Waals surface area contributed by atoms with E-state index in [0.717, 1.165) is 0 Å². The number of nitrogens with one attached hydrogen (secondary N) is 2. The Bertz CT molecular complexity index is 414. The first-order valence-corrected chi connectivity index (χ1v) is 5.65. The molecule has 0 amide bonds. The van der Waals surface area contributed by atoms with Gasteiger partial charge in [-0.15, -0.1) is 0 Å². The third kappa shape index (κ3) is 4.26. The fraction of sp³-hybridized carbons (Fsp3) is 0.182. The van der Waals surface area contributed by atoms with Gasteiger partial charge in [-0.1, -0.05) is 29.3 Å². The maximum absolute atomic E-state index is 10.2. The molecule has 92 valence electrons. The van der Waals surface area contributed by atoms with Crippen molar-refractivity contribution in [3.63, 3.8) is 0 Å². The smallest absolute Gasteiger partial charge is 0.150 e. The minimum atomic E-state index is -0.594. The molecule has 0 radical (unpaired) electrons. The van der Waals surface area contributed by atoms with Gasteiger partial charge in [0.05, 0.1) is 15.7 Å². The highest BCUT2D eigenvalue weighted by Gasteiger charge is 2.08. The average molecular weight is 274 g/mol. The summed E-state index contributed by atoms with van der Waals surface area (Å²) in [5.41, 5.74) is 6.97. The highest BCUT2D eigenvalue weighted by molar-refractivity contribution is 6.39. The fourth-order valence-electron chi connectivity index (χ4n) is 1.22. The number of para-hydroxylation sites is 1. The summed E-state index contributed by atoms with van der Waals surface area (Å²) in [6.07, 6.45) is 1.45. The summed E-state index contributed by atoms with van der Waals surface area (Å²) in [5.74, 6) is 0. The second-order valence-electron chi connectivity index (χ2n) is 3.35. The Morgan fingerprint density at radius 3 is 2.53 bits per heavy atom. The lowest BCUT2D eigenvalue weighted by atomic mass is 10.3. The number of rotatable bonds is 5. The molecule has 17 heavy (non-hydrogen) atoms. The van der Waals surface area contributed by atoms with Crippen LogP contribution in [0.25, 0.3) is 0 Å². The topological polar surface area (TPSA) is 67.2 Å². The van der Waals surface area contributed by atoms with Crippen molar-refractivity contribution in [3.05, 3.63) is 40.0 Å². The van der Waals surface area contributed by atoms with E-state index < -0.39 is 6.29 Å². The quantitative estimate of drug-likeness (QED) is 0.438. The van der Waals surface area contributed by atoms with Gasteiger partial charge in [0.1, 0.15) is 12.6 Å². The van der Waals surface area contributed by atoms with E-state index in [1.54, 1.807) is 25.1 Å². The number of aldehydes is 1. The Balaban J connectivity index is 2.71. The van der Waals surface area contributed by atoms with Crippen molar-refractivity contribution >= 4 is 35.2 Å². The molecule has 1 atom stereocenters. The van der Waals surface area contributed by atoms with Gasteiger partial charge in [0.25, 0.3) is 0 Å². The van der Waals surface area contributed by atoms with Crippen LogP contribution in [-0.4, -0.2) is 12.6 Å². The summed E-state index contributed by atoms with van der Waals surface area (Å²) in [5, 5.41) is 6.73. The number of benzene rings is 1. The molecule has 1 unspecified atom stereocenters. The van der Waals surface area contributed by atoms with Crippen molar-refractivity contribution < 1.29 is 4.79 Å². The molecule has 0 saturated carbocycles. The molecule has 0 bridgehead atoms. The zero-order valence-corrected chi connectivity index (χ0v) is 10.7. The Hall–Kier alpha value is -1.23. The number of halogens is 2. The number of anilines is 1. The summed E-state index contributed by atoms with van der Waals surface area (Å²) in [7, 11) is 0. The first-order chi connectivity index (χ1) is 8.04. The third-order valence-electron chi connectivity index (χ3n) is 1.96. The van der Waals surface area contributed by atoms with Crippen LogP contribution in [0.1, 0.15) is 6.92 Å². The van der Waals surface area contributed by atoms with Gasteiger partial charge in [-0.3, -0.25) is 10.5 Å². The Kier molecular flexibility index (Phi) is 5.28. The van der Waals surface area contributed by atoms with Crippen molar-refractivity contribution in [1.82, 2.24) is 5.32 Å². The first-order valence-electron chi connectivity index (χ1n) is 4.89. The second-order valence-corrected chi connectivity index (χ2v) is 4.16. The van der Waals surface area contributed by atoms with E-state index in [9.17, 15) is 4.79 Å². The molecule has 1 aromatic rings. The molecule has 1 aromatic carbocycles. The molecule has 4 N–H and O–H groups in total. The standard InChI is InChI=1S/C11H13Cl2N3O/c1-7(5-6-17)15-11(14)16-10-8(12)3-2-4-9(10)13/h2-6,11,15-16H,14H2,1H3. The van der Waals surface area contributed by atoms with Gasteiger partial charge in [0, 0.05) is 5.70 Å². The van der Waals surface area contributed by atoms with Crippen LogP contribution in [0.4, 0.5) is 5.69 Å². The number of hydrogen-bond donors (Lipinski definition) is 3. The molecular formula is C11H13Cl2N3O. The van der Waals surface area contributed by atoms with Crippen molar-refractivity contribution in [2.45, 2.75) is 13.2 Å². The number of allylic oxidation sites excluding steroid dienone is 2. The predicted octanol–water partition coefficient (Wildman–Crippen LogP) is 2.34. The van der Waals surface area contributed by atoms with Crippen molar-refractivity contribution in [2.24, 2.45) is 5.73 Å². The molecule has 0 spiro atoms. The van der Waals surface area contributed by atoms with Crippen LogP contribution in [0, 0.1) is 0 Å². The van der Waals surface area contributed by atoms with Gasteiger partial charge in [-0.2, -0.15) is 0 Å². The van der Waals surface area contributed by atoms with Gasteiger partial charge < -0.3 is 10.6 Å². The van der Waals surface area contributed by atoms with E-state index in [0.29, 0.717) is 27.7 Å². The zero-order chi connectivity index (χ0) is 12.8. The first kappa shape index (κ1) is 13.8. The summed E-state index contributed by atoms with van der Waals surface area (Å²) >= 11 is 11.9. The molecule has 0 aliphatic heterocycles. The van der Waals surface area contributed by atoms with E-state index in [2.05, 4.69) is 10.6 Å². The second kappa shape index (κ2) is 6.49. The molecule has 1 rings (SSSR count). The number of hydrogen-bond acceptors (Lipinski definition) is 4. The summed E-state index contributed by atoms with van der Waals surface area (Å²) in [6, 6.07) is 5.15. The monoisotopic (exact) mass is 273 g/mol. The van der Waals surface area contributed by atoms with Crippen molar-refractivity contribution in [1.29, 1.82) is 0 Å². The molecule has 6 heteroatoms. The number of nitrogens with two attached hydrogens (primary N) is 1. The molecule has 0 heterocycles. The molecule has 0 aliphatic rings. The minimum absolute atomic E-state index is 0.478. The van der Waals surface area contributed by atoms with Gasteiger partial charge in [-0.05, 0) is 25.1 Å². The third-order valence-corrected chi connectivity index (χ3v) is 2.59. The molecule has 0 aliphatic carbocycles. The maximum atomic E-state index is 10.2. The van der Waals surface area contributed by atoms with Crippen LogP contribution in [0.5, 0.6) is 0 Å². The molecule has 4 nitrogen and oxygen atoms in total. The average Bonchev–Trinajstić information content (AvgIpc) is 2.24. The van der Waals surface area contributed by atoms with Gasteiger partial charge in [-0.25, -0.2) is 0 Å². The number of carbonyl (C=O) groups is 1. The highest BCUT2D eigenvalue weighted by Crippen LogP contribution is 2.29. The van der Waals surface area contributed by atoms with Gasteiger partial charge >= 0.3 is 0 Å².